The lowest BCUT2D eigenvalue weighted by atomic mass is 10.1. The van der Waals surface area contributed by atoms with Crippen LogP contribution in [0.1, 0.15) is 24.2 Å². The van der Waals surface area contributed by atoms with Crippen LogP contribution in [0, 0.1) is 0 Å². The van der Waals surface area contributed by atoms with Gasteiger partial charge in [0.25, 0.3) is 0 Å². The molecule has 2 aromatic rings. The number of benzene rings is 2. The highest BCUT2D eigenvalue weighted by Gasteiger charge is 2.23. The second kappa shape index (κ2) is 7.84. The number of halogens is 1. The van der Waals surface area contributed by atoms with Crippen LogP contribution in [0.5, 0.6) is 5.75 Å². The third kappa shape index (κ3) is 4.33. The minimum atomic E-state index is -0.749. The van der Waals surface area contributed by atoms with Gasteiger partial charge < -0.3 is 9.47 Å². The molecular weight excluding hydrogens is 332 g/mol. The molecule has 2 rings (SSSR count). The molecule has 0 bridgehead atoms. The summed E-state index contributed by atoms with van der Waals surface area (Å²) in [5.74, 6) is 0.259. The normalized spacial score (nSPS) is 11.7. The number of rotatable bonds is 6. The first-order chi connectivity index (χ1) is 10.2. The molecule has 0 heterocycles. The monoisotopic (exact) mass is 348 g/mol. The third-order valence-electron chi connectivity index (χ3n) is 2.93. The van der Waals surface area contributed by atoms with Crippen molar-refractivity contribution in [3.63, 3.8) is 0 Å². The van der Waals surface area contributed by atoms with Crippen LogP contribution < -0.4 is 4.74 Å². The molecule has 0 fully saturated rings. The number of esters is 1. The minimum absolute atomic E-state index is 0.327. The Labute approximate surface area is 133 Å². The van der Waals surface area contributed by atoms with Crippen molar-refractivity contribution in [3.05, 3.63) is 65.7 Å². The average Bonchev–Trinajstić information content (AvgIpc) is 2.54. The Hall–Kier alpha value is -1.81. The van der Waals surface area contributed by atoms with Gasteiger partial charge in [-0.15, -0.1) is 0 Å². The van der Waals surface area contributed by atoms with Gasteiger partial charge in [-0.2, -0.15) is 0 Å². The predicted octanol–water partition coefficient (Wildman–Crippen LogP) is 4.26. The lowest BCUT2D eigenvalue weighted by Gasteiger charge is -2.18. The summed E-state index contributed by atoms with van der Waals surface area (Å²) >= 11 is 3.40. The first-order valence-corrected chi connectivity index (χ1v) is 7.90. The molecule has 0 aliphatic rings. The van der Waals surface area contributed by atoms with Crippen LogP contribution in [-0.4, -0.2) is 12.6 Å². The molecular formula is C17H17BrO3. The van der Waals surface area contributed by atoms with E-state index in [1.54, 1.807) is 6.92 Å². The van der Waals surface area contributed by atoms with Crippen LogP contribution in [0.3, 0.4) is 0 Å². The molecule has 3 nitrogen and oxygen atoms in total. The highest BCUT2D eigenvalue weighted by atomic mass is 79.9. The number of carbonyl (C=O) groups excluding carboxylic acids is 1. The molecule has 0 spiro atoms. The van der Waals surface area contributed by atoms with Crippen molar-refractivity contribution in [1.82, 2.24) is 0 Å². The molecule has 0 radical (unpaired) electrons. The van der Waals surface area contributed by atoms with Crippen molar-refractivity contribution >= 4 is 21.9 Å². The summed E-state index contributed by atoms with van der Waals surface area (Å²) in [5.41, 5.74) is 1.93. The van der Waals surface area contributed by atoms with E-state index >= 15 is 0 Å². The molecule has 110 valence electrons. The van der Waals surface area contributed by atoms with Crippen molar-refractivity contribution in [1.29, 1.82) is 0 Å². The van der Waals surface area contributed by atoms with E-state index in [4.69, 9.17) is 9.47 Å². The first-order valence-electron chi connectivity index (χ1n) is 6.77. The summed E-state index contributed by atoms with van der Waals surface area (Å²) < 4.78 is 10.9. The Bertz CT molecular complexity index is 566. The van der Waals surface area contributed by atoms with Gasteiger partial charge in [0, 0.05) is 10.9 Å². The van der Waals surface area contributed by atoms with E-state index in [2.05, 4.69) is 15.9 Å². The third-order valence-corrected chi connectivity index (χ3v) is 3.58. The highest BCUT2D eigenvalue weighted by molar-refractivity contribution is 9.08. The van der Waals surface area contributed by atoms with Crippen molar-refractivity contribution in [3.8, 4) is 5.75 Å². The summed E-state index contributed by atoms with van der Waals surface area (Å²) in [5, 5.41) is 0.785. The molecule has 4 heteroatoms. The fourth-order valence-electron chi connectivity index (χ4n) is 1.89. The van der Waals surface area contributed by atoms with Crippen LogP contribution in [0.4, 0.5) is 0 Å². The van der Waals surface area contributed by atoms with Crippen LogP contribution in [0.2, 0.25) is 0 Å². The largest absolute Gasteiger partial charge is 0.474 e. The van der Waals surface area contributed by atoms with Crippen molar-refractivity contribution in [2.24, 2.45) is 0 Å². The molecule has 1 atom stereocenters. The molecule has 1 unspecified atom stereocenters. The van der Waals surface area contributed by atoms with E-state index in [1.807, 2.05) is 54.6 Å². The Morgan fingerprint density at radius 3 is 2.33 bits per heavy atom. The van der Waals surface area contributed by atoms with E-state index in [9.17, 15) is 4.79 Å². The first kappa shape index (κ1) is 15.6. The van der Waals surface area contributed by atoms with Crippen molar-refractivity contribution in [2.45, 2.75) is 18.4 Å². The number of alkyl halides is 1. The predicted molar refractivity (Wildman–Crippen MR) is 85.5 cm³/mol. The summed E-state index contributed by atoms with van der Waals surface area (Å²) in [7, 11) is 0. The van der Waals surface area contributed by atoms with Gasteiger partial charge >= 0.3 is 5.97 Å². The molecule has 0 aliphatic carbocycles. The van der Waals surface area contributed by atoms with E-state index in [0.717, 1.165) is 16.5 Å². The van der Waals surface area contributed by atoms with Gasteiger partial charge in [-0.25, -0.2) is 4.79 Å². The summed E-state index contributed by atoms with van der Waals surface area (Å²) in [4.78, 5) is 12.1. The SMILES string of the molecule is CCOC(=O)C(Oc1ccc(CBr)cc1)c1ccccc1. The smallest absolute Gasteiger partial charge is 0.352 e. The minimum Gasteiger partial charge on any atom is -0.474 e. The molecule has 0 saturated carbocycles. The number of ether oxygens (including phenoxy) is 2. The fraction of sp³-hybridized carbons (Fsp3) is 0.235. The molecule has 0 amide bonds. The number of hydrogen-bond donors (Lipinski definition) is 0. The molecule has 2 aromatic carbocycles. The summed E-state index contributed by atoms with van der Waals surface area (Å²) in [6.07, 6.45) is -0.749. The number of carbonyl (C=O) groups is 1. The number of hydrogen-bond acceptors (Lipinski definition) is 3. The standard InChI is InChI=1S/C17H17BrO3/c1-2-20-17(19)16(14-6-4-3-5-7-14)21-15-10-8-13(12-18)9-11-15/h3-11,16H,2,12H2,1H3. The van der Waals surface area contributed by atoms with E-state index < -0.39 is 6.10 Å². The second-order valence-corrected chi connectivity index (χ2v) is 5.00. The molecule has 0 N–H and O–H groups in total. The van der Waals surface area contributed by atoms with Crippen LogP contribution in [0.15, 0.2) is 54.6 Å². The Kier molecular flexibility index (Phi) is 5.81. The zero-order valence-corrected chi connectivity index (χ0v) is 13.4. The van der Waals surface area contributed by atoms with Crippen molar-refractivity contribution in [2.75, 3.05) is 6.61 Å². The maximum absolute atomic E-state index is 12.1. The van der Waals surface area contributed by atoms with Crippen LogP contribution >= 0.6 is 15.9 Å². The quantitative estimate of drug-likeness (QED) is 0.577. The van der Waals surface area contributed by atoms with E-state index in [1.165, 1.54) is 0 Å². The van der Waals surface area contributed by atoms with Gasteiger partial charge in [0.1, 0.15) is 5.75 Å². The van der Waals surface area contributed by atoms with Crippen LogP contribution in [0.25, 0.3) is 0 Å². The molecule has 0 aliphatic heterocycles. The lowest BCUT2D eigenvalue weighted by Crippen LogP contribution is -2.21. The maximum atomic E-state index is 12.1. The van der Waals surface area contributed by atoms with Gasteiger partial charge in [0.05, 0.1) is 6.61 Å². The van der Waals surface area contributed by atoms with Gasteiger partial charge in [0.2, 0.25) is 6.10 Å². The topological polar surface area (TPSA) is 35.5 Å². The van der Waals surface area contributed by atoms with E-state index in [0.29, 0.717) is 12.4 Å². The Morgan fingerprint density at radius 2 is 1.76 bits per heavy atom. The highest BCUT2D eigenvalue weighted by Crippen LogP contribution is 2.24. The zero-order valence-electron chi connectivity index (χ0n) is 11.8. The lowest BCUT2D eigenvalue weighted by molar-refractivity contribution is -0.151. The van der Waals surface area contributed by atoms with Crippen molar-refractivity contribution < 1.29 is 14.3 Å². The van der Waals surface area contributed by atoms with E-state index in [-0.39, 0.29) is 5.97 Å². The molecule has 21 heavy (non-hydrogen) atoms. The average molecular weight is 349 g/mol. The fourth-order valence-corrected chi connectivity index (χ4v) is 2.27. The van der Waals surface area contributed by atoms with Gasteiger partial charge in [-0.1, -0.05) is 58.4 Å². The van der Waals surface area contributed by atoms with Crippen LogP contribution in [-0.2, 0) is 14.9 Å². The maximum Gasteiger partial charge on any atom is 0.352 e. The zero-order chi connectivity index (χ0) is 15.1. The molecule has 0 aromatic heterocycles. The Morgan fingerprint density at radius 1 is 1.10 bits per heavy atom. The van der Waals surface area contributed by atoms with Gasteiger partial charge in [-0.3, -0.25) is 0 Å². The Balaban J connectivity index is 2.21. The van der Waals surface area contributed by atoms with Gasteiger partial charge in [0.15, 0.2) is 0 Å². The van der Waals surface area contributed by atoms with Gasteiger partial charge in [-0.05, 0) is 24.6 Å². The summed E-state index contributed by atoms with van der Waals surface area (Å²) in [6.45, 7) is 2.11. The summed E-state index contributed by atoms with van der Waals surface area (Å²) in [6, 6.07) is 17.0. The second-order valence-electron chi connectivity index (χ2n) is 4.44. The molecule has 0 saturated heterocycles.